The van der Waals surface area contributed by atoms with Crippen LogP contribution in [0.2, 0.25) is 0 Å². The zero-order valence-corrected chi connectivity index (χ0v) is 19.6. The Morgan fingerprint density at radius 2 is 1.69 bits per heavy atom. The molecule has 6 heteroatoms. The predicted molar refractivity (Wildman–Crippen MR) is 127 cm³/mol. The monoisotopic (exact) mass is 437 g/mol. The van der Waals surface area contributed by atoms with Crippen molar-refractivity contribution in [2.75, 3.05) is 26.8 Å². The Morgan fingerprint density at radius 1 is 1.03 bits per heavy atom. The van der Waals surface area contributed by atoms with Gasteiger partial charge in [0, 0.05) is 26.7 Å². The molecule has 2 aromatic carbocycles. The Bertz CT molecular complexity index is 942. The summed E-state index contributed by atoms with van der Waals surface area (Å²) in [5.74, 6) is 1.65. The summed E-state index contributed by atoms with van der Waals surface area (Å²) in [7, 11) is 1.70. The summed E-state index contributed by atoms with van der Waals surface area (Å²) in [5.41, 5.74) is 2.97. The van der Waals surface area contributed by atoms with Gasteiger partial charge in [0.1, 0.15) is 5.75 Å². The van der Waals surface area contributed by atoms with E-state index in [1.807, 2.05) is 79.2 Å². The van der Waals surface area contributed by atoms with Crippen LogP contribution in [0.15, 0.2) is 60.7 Å². The van der Waals surface area contributed by atoms with Gasteiger partial charge in [0.2, 0.25) is 5.88 Å². The van der Waals surface area contributed by atoms with E-state index in [0.29, 0.717) is 32.1 Å². The molecule has 0 saturated heterocycles. The molecule has 172 valence electrons. The third-order valence-electron chi connectivity index (χ3n) is 5.52. The van der Waals surface area contributed by atoms with Gasteiger partial charge in [-0.2, -0.15) is 5.10 Å². The Balaban J connectivity index is 2.02. The van der Waals surface area contributed by atoms with E-state index in [9.17, 15) is 5.11 Å². The second-order valence-electron chi connectivity index (χ2n) is 8.29. The van der Waals surface area contributed by atoms with Crippen LogP contribution in [0.1, 0.15) is 32.0 Å². The summed E-state index contributed by atoms with van der Waals surface area (Å²) in [6.45, 7) is 8.66. The van der Waals surface area contributed by atoms with Crippen molar-refractivity contribution in [3.63, 3.8) is 0 Å². The van der Waals surface area contributed by atoms with Crippen LogP contribution in [-0.2, 0) is 17.7 Å². The fraction of sp³-hybridized carbons (Fsp3) is 0.423. The first-order chi connectivity index (χ1) is 15.5. The van der Waals surface area contributed by atoms with E-state index in [1.54, 1.807) is 7.11 Å². The highest BCUT2D eigenvalue weighted by molar-refractivity contribution is 5.43. The molecule has 0 saturated carbocycles. The second-order valence-corrected chi connectivity index (χ2v) is 8.29. The Morgan fingerprint density at radius 3 is 2.28 bits per heavy atom. The molecule has 0 radical (unpaired) electrons. The van der Waals surface area contributed by atoms with Crippen LogP contribution in [0.25, 0.3) is 5.69 Å². The minimum Gasteiger partial charge on any atom is -0.439 e. The van der Waals surface area contributed by atoms with Crippen LogP contribution in [0.5, 0.6) is 11.6 Å². The number of methoxy groups -OCH3 is 1. The first-order valence-electron chi connectivity index (χ1n) is 11.3. The maximum atomic E-state index is 10.6. The topological polar surface area (TPSA) is 59.8 Å². The summed E-state index contributed by atoms with van der Waals surface area (Å²) in [5, 5.41) is 15.5. The van der Waals surface area contributed by atoms with E-state index in [-0.39, 0.29) is 5.92 Å². The molecule has 0 aliphatic heterocycles. The Labute approximate surface area is 191 Å². The molecule has 3 aromatic rings. The third-order valence-corrected chi connectivity index (χ3v) is 5.52. The van der Waals surface area contributed by atoms with Crippen molar-refractivity contribution in [3.05, 3.63) is 71.9 Å². The van der Waals surface area contributed by atoms with Crippen molar-refractivity contribution in [1.82, 2.24) is 14.7 Å². The van der Waals surface area contributed by atoms with E-state index in [2.05, 4.69) is 11.8 Å². The highest BCUT2D eigenvalue weighted by Gasteiger charge is 2.24. The van der Waals surface area contributed by atoms with Crippen molar-refractivity contribution < 1.29 is 14.6 Å². The molecule has 0 fully saturated rings. The first kappa shape index (κ1) is 24.0. The van der Waals surface area contributed by atoms with Gasteiger partial charge in [-0.05, 0) is 36.6 Å². The molecule has 1 atom stereocenters. The maximum Gasteiger partial charge on any atom is 0.227 e. The zero-order chi connectivity index (χ0) is 22.9. The fourth-order valence-electron chi connectivity index (χ4n) is 3.52. The lowest BCUT2D eigenvalue weighted by molar-refractivity contribution is 0.0588. The molecule has 0 aliphatic carbocycles. The first-order valence-corrected chi connectivity index (χ1v) is 11.3. The van der Waals surface area contributed by atoms with E-state index in [1.165, 1.54) is 0 Å². The van der Waals surface area contributed by atoms with Crippen molar-refractivity contribution >= 4 is 0 Å². The molecule has 6 nitrogen and oxygen atoms in total. The lowest BCUT2D eigenvalue weighted by Crippen LogP contribution is -2.37. The Hall–Kier alpha value is -2.67. The minimum absolute atomic E-state index is 0.178. The standard InChI is InChI=1S/C26H35N3O3/c1-5-24-23(18-28(16-17-31-4)19-25(30)20(2)3)26(32-22-14-10-7-11-15-22)29(27-24)21-12-8-6-9-13-21/h6-15,20,25,30H,5,16-19H2,1-4H3/t25-/m0/s1. The Kier molecular flexibility index (Phi) is 8.85. The zero-order valence-electron chi connectivity index (χ0n) is 19.6. The number of rotatable bonds is 12. The highest BCUT2D eigenvalue weighted by atomic mass is 16.5. The lowest BCUT2D eigenvalue weighted by atomic mass is 10.1. The van der Waals surface area contributed by atoms with Gasteiger partial charge in [-0.15, -0.1) is 0 Å². The van der Waals surface area contributed by atoms with Crippen LogP contribution >= 0.6 is 0 Å². The number of ether oxygens (including phenoxy) is 2. The van der Waals surface area contributed by atoms with Crippen molar-refractivity contribution in [2.24, 2.45) is 5.92 Å². The highest BCUT2D eigenvalue weighted by Crippen LogP contribution is 2.32. The number of aryl methyl sites for hydroxylation is 1. The molecule has 1 N–H and O–H groups in total. The average molecular weight is 438 g/mol. The van der Waals surface area contributed by atoms with Gasteiger partial charge in [-0.1, -0.05) is 57.2 Å². The van der Waals surface area contributed by atoms with Crippen molar-refractivity contribution in [1.29, 1.82) is 0 Å². The number of aromatic nitrogens is 2. The van der Waals surface area contributed by atoms with Gasteiger partial charge in [-0.25, -0.2) is 4.68 Å². The maximum absolute atomic E-state index is 10.6. The fourth-order valence-corrected chi connectivity index (χ4v) is 3.52. The quantitative estimate of drug-likeness (QED) is 0.445. The number of hydrogen-bond donors (Lipinski definition) is 1. The molecule has 0 bridgehead atoms. The van der Waals surface area contributed by atoms with Crippen LogP contribution in [0.4, 0.5) is 0 Å². The summed E-state index contributed by atoms with van der Waals surface area (Å²) >= 11 is 0. The smallest absolute Gasteiger partial charge is 0.227 e. The van der Waals surface area contributed by atoms with Crippen LogP contribution in [-0.4, -0.2) is 52.7 Å². The van der Waals surface area contributed by atoms with Gasteiger partial charge in [0.25, 0.3) is 0 Å². The summed E-state index contributed by atoms with van der Waals surface area (Å²) in [6, 6.07) is 19.8. The predicted octanol–water partition coefficient (Wildman–Crippen LogP) is 4.69. The molecule has 32 heavy (non-hydrogen) atoms. The minimum atomic E-state index is -0.417. The van der Waals surface area contributed by atoms with Crippen LogP contribution in [0.3, 0.4) is 0 Å². The molecule has 3 rings (SSSR count). The number of para-hydroxylation sites is 2. The number of aliphatic hydroxyl groups excluding tert-OH is 1. The van der Waals surface area contributed by atoms with Gasteiger partial charge in [0.05, 0.1) is 29.7 Å². The largest absolute Gasteiger partial charge is 0.439 e. The summed E-state index contributed by atoms with van der Waals surface area (Å²) in [4.78, 5) is 2.22. The number of benzene rings is 2. The van der Waals surface area contributed by atoms with Crippen LogP contribution in [0, 0.1) is 5.92 Å². The molecule has 0 spiro atoms. The van der Waals surface area contributed by atoms with Gasteiger partial charge >= 0.3 is 0 Å². The number of nitrogens with zero attached hydrogens (tertiary/aromatic N) is 3. The van der Waals surface area contributed by atoms with E-state index < -0.39 is 6.10 Å². The van der Waals surface area contributed by atoms with Gasteiger partial charge in [0.15, 0.2) is 0 Å². The molecular formula is C26H35N3O3. The normalized spacial score (nSPS) is 12.5. The summed E-state index contributed by atoms with van der Waals surface area (Å²) < 4.78 is 13.6. The third kappa shape index (κ3) is 6.19. The van der Waals surface area contributed by atoms with Crippen molar-refractivity contribution in [2.45, 2.75) is 39.8 Å². The van der Waals surface area contributed by atoms with Crippen LogP contribution < -0.4 is 4.74 Å². The van der Waals surface area contributed by atoms with E-state index in [4.69, 9.17) is 14.6 Å². The molecule has 1 heterocycles. The molecular weight excluding hydrogens is 402 g/mol. The number of hydrogen-bond acceptors (Lipinski definition) is 5. The molecule has 1 aromatic heterocycles. The van der Waals surface area contributed by atoms with E-state index in [0.717, 1.165) is 29.1 Å². The van der Waals surface area contributed by atoms with E-state index >= 15 is 0 Å². The molecule has 0 unspecified atom stereocenters. The van der Waals surface area contributed by atoms with Gasteiger partial charge < -0.3 is 14.6 Å². The number of aliphatic hydroxyl groups is 1. The SMILES string of the molecule is CCc1nn(-c2ccccc2)c(Oc2ccccc2)c1CN(CCOC)C[C@H](O)C(C)C. The lowest BCUT2D eigenvalue weighted by Gasteiger charge is -2.27. The van der Waals surface area contributed by atoms with Crippen molar-refractivity contribution in [3.8, 4) is 17.3 Å². The molecule has 0 aliphatic rings. The van der Waals surface area contributed by atoms with Gasteiger partial charge in [-0.3, -0.25) is 4.90 Å². The molecule has 0 amide bonds. The summed E-state index contributed by atoms with van der Waals surface area (Å²) in [6.07, 6.45) is 0.366. The second kappa shape index (κ2) is 11.8. The average Bonchev–Trinajstić information content (AvgIpc) is 3.15.